The fourth-order valence-corrected chi connectivity index (χ4v) is 4.26. The number of unbranched alkanes of at least 4 members (excludes halogenated alkanes) is 10. The van der Waals surface area contributed by atoms with Gasteiger partial charge in [-0.1, -0.05) is 131 Å². The van der Waals surface area contributed by atoms with Gasteiger partial charge in [0.25, 0.3) is 0 Å². The lowest BCUT2D eigenvalue weighted by Gasteiger charge is -2.26. The van der Waals surface area contributed by atoms with Crippen LogP contribution in [0.4, 0.5) is 0 Å². The molecule has 2 nitrogen and oxygen atoms in total. The molecule has 1 aliphatic rings. The summed E-state index contributed by atoms with van der Waals surface area (Å²) in [5.41, 5.74) is 0. The standard InChI is InChI=1S/C23H45NO.C3H8.C2H6/c1-3-4-5-6-7-8-9-10-11-12-13-19-24-23(25)18-17-22-16-14-15-21(2)20-22;1-3-2;1-2/h21-22H,3-20H2,1-2H3,(H,24,25);3H2,1-2H3;1-2H3. The number of rotatable bonds is 15. The molecule has 2 unspecified atom stereocenters. The average molecular weight is 426 g/mol. The van der Waals surface area contributed by atoms with Crippen LogP contribution < -0.4 is 5.32 Å². The molecule has 2 heteroatoms. The molecule has 0 aromatic carbocycles. The molecule has 0 aliphatic heterocycles. The third-order valence-electron chi connectivity index (χ3n) is 5.93. The highest BCUT2D eigenvalue weighted by atomic mass is 16.1. The summed E-state index contributed by atoms with van der Waals surface area (Å²) in [6.07, 6.45) is 23.5. The van der Waals surface area contributed by atoms with Crippen molar-refractivity contribution in [1.29, 1.82) is 0 Å². The van der Waals surface area contributed by atoms with E-state index in [4.69, 9.17) is 0 Å². The van der Waals surface area contributed by atoms with Crippen LogP contribution in [0.5, 0.6) is 0 Å². The lowest BCUT2D eigenvalue weighted by Crippen LogP contribution is -2.25. The van der Waals surface area contributed by atoms with E-state index in [1.54, 1.807) is 0 Å². The minimum Gasteiger partial charge on any atom is -0.356 e. The van der Waals surface area contributed by atoms with Crippen molar-refractivity contribution < 1.29 is 4.79 Å². The fraction of sp³-hybridized carbons (Fsp3) is 0.964. The first-order valence-corrected chi connectivity index (χ1v) is 13.9. The molecular formula is C28H59NO. The van der Waals surface area contributed by atoms with Gasteiger partial charge in [-0.05, 0) is 31.1 Å². The van der Waals surface area contributed by atoms with Crippen molar-refractivity contribution in [3.63, 3.8) is 0 Å². The predicted molar refractivity (Wildman–Crippen MR) is 137 cm³/mol. The Morgan fingerprint density at radius 3 is 1.80 bits per heavy atom. The highest BCUT2D eigenvalue weighted by Crippen LogP contribution is 2.31. The zero-order valence-electron chi connectivity index (χ0n) is 22.0. The summed E-state index contributed by atoms with van der Waals surface area (Å²) in [5, 5.41) is 3.13. The van der Waals surface area contributed by atoms with Crippen molar-refractivity contribution in [2.24, 2.45) is 11.8 Å². The van der Waals surface area contributed by atoms with Gasteiger partial charge in [0.05, 0.1) is 0 Å². The first-order chi connectivity index (χ1) is 14.6. The van der Waals surface area contributed by atoms with Crippen molar-refractivity contribution in [3.05, 3.63) is 0 Å². The fourth-order valence-electron chi connectivity index (χ4n) is 4.26. The molecule has 1 N–H and O–H groups in total. The average Bonchev–Trinajstić information content (AvgIpc) is 2.75. The normalized spacial score (nSPS) is 17.9. The Kier molecular flexibility index (Phi) is 28.0. The van der Waals surface area contributed by atoms with E-state index >= 15 is 0 Å². The molecule has 0 radical (unpaired) electrons. The Bertz CT molecular complexity index is 329. The lowest BCUT2D eigenvalue weighted by molar-refractivity contribution is -0.121. The SMILES string of the molecule is CC.CCC.CCCCCCCCCCCCCNC(=O)CCC1CCCC(C)C1. The quantitative estimate of drug-likeness (QED) is 0.260. The van der Waals surface area contributed by atoms with Crippen LogP contribution in [0.1, 0.15) is 157 Å². The van der Waals surface area contributed by atoms with Gasteiger partial charge in [-0.2, -0.15) is 0 Å². The summed E-state index contributed by atoms with van der Waals surface area (Å²) < 4.78 is 0. The minimum absolute atomic E-state index is 0.283. The summed E-state index contributed by atoms with van der Waals surface area (Å²) in [6.45, 7) is 13.8. The number of carbonyl (C=O) groups excluding carboxylic acids is 1. The Hall–Kier alpha value is -0.530. The molecule has 1 rings (SSSR count). The van der Waals surface area contributed by atoms with E-state index in [1.165, 1.54) is 96.3 Å². The largest absolute Gasteiger partial charge is 0.356 e. The van der Waals surface area contributed by atoms with E-state index in [0.29, 0.717) is 0 Å². The van der Waals surface area contributed by atoms with Crippen LogP contribution in [0.3, 0.4) is 0 Å². The summed E-state index contributed by atoms with van der Waals surface area (Å²) in [5.74, 6) is 1.96. The van der Waals surface area contributed by atoms with Crippen LogP contribution >= 0.6 is 0 Å². The van der Waals surface area contributed by atoms with Gasteiger partial charge in [0.15, 0.2) is 0 Å². The molecule has 0 bridgehead atoms. The van der Waals surface area contributed by atoms with Gasteiger partial charge in [0.1, 0.15) is 0 Å². The second-order valence-corrected chi connectivity index (χ2v) is 9.27. The van der Waals surface area contributed by atoms with E-state index in [0.717, 1.165) is 37.6 Å². The van der Waals surface area contributed by atoms with Crippen molar-refractivity contribution in [1.82, 2.24) is 5.32 Å². The molecule has 0 spiro atoms. The Balaban J connectivity index is 0. The summed E-state index contributed by atoms with van der Waals surface area (Å²) in [4.78, 5) is 11.9. The number of nitrogens with one attached hydrogen (secondary N) is 1. The van der Waals surface area contributed by atoms with Crippen LogP contribution in [0, 0.1) is 11.8 Å². The third kappa shape index (κ3) is 23.7. The van der Waals surface area contributed by atoms with E-state index in [-0.39, 0.29) is 5.91 Å². The van der Waals surface area contributed by atoms with E-state index < -0.39 is 0 Å². The first-order valence-electron chi connectivity index (χ1n) is 13.9. The van der Waals surface area contributed by atoms with E-state index in [2.05, 4.69) is 33.0 Å². The molecule has 2 atom stereocenters. The molecule has 0 saturated heterocycles. The van der Waals surface area contributed by atoms with E-state index in [9.17, 15) is 4.79 Å². The highest BCUT2D eigenvalue weighted by molar-refractivity contribution is 5.75. The van der Waals surface area contributed by atoms with E-state index in [1.807, 2.05) is 13.8 Å². The van der Waals surface area contributed by atoms with Crippen molar-refractivity contribution in [3.8, 4) is 0 Å². The summed E-state index contributed by atoms with van der Waals surface area (Å²) in [6, 6.07) is 0. The van der Waals surface area contributed by atoms with Crippen molar-refractivity contribution in [2.45, 2.75) is 157 Å². The smallest absolute Gasteiger partial charge is 0.220 e. The maximum Gasteiger partial charge on any atom is 0.220 e. The van der Waals surface area contributed by atoms with Crippen LogP contribution in [0.25, 0.3) is 0 Å². The zero-order chi connectivity index (χ0) is 22.9. The molecule has 1 fully saturated rings. The second-order valence-electron chi connectivity index (χ2n) is 9.27. The Morgan fingerprint density at radius 2 is 1.30 bits per heavy atom. The maximum atomic E-state index is 11.9. The predicted octanol–water partition coefficient (Wildman–Crippen LogP) is 9.46. The van der Waals surface area contributed by atoms with Gasteiger partial charge in [-0.15, -0.1) is 0 Å². The first kappa shape index (κ1) is 31.7. The summed E-state index contributed by atoms with van der Waals surface area (Å²) in [7, 11) is 0. The topological polar surface area (TPSA) is 29.1 Å². The van der Waals surface area contributed by atoms with Gasteiger partial charge in [-0.3, -0.25) is 4.79 Å². The van der Waals surface area contributed by atoms with Crippen LogP contribution in [-0.2, 0) is 4.79 Å². The number of hydrogen-bond acceptors (Lipinski definition) is 1. The molecule has 0 aromatic rings. The number of hydrogen-bond donors (Lipinski definition) is 1. The molecule has 1 amide bonds. The Labute approximate surface area is 191 Å². The third-order valence-corrected chi connectivity index (χ3v) is 5.93. The molecule has 1 saturated carbocycles. The lowest BCUT2D eigenvalue weighted by atomic mass is 9.80. The monoisotopic (exact) mass is 425 g/mol. The van der Waals surface area contributed by atoms with Crippen molar-refractivity contribution in [2.75, 3.05) is 6.54 Å². The minimum atomic E-state index is 0.283. The zero-order valence-corrected chi connectivity index (χ0v) is 22.0. The van der Waals surface area contributed by atoms with Gasteiger partial charge in [0.2, 0.25) is 5.91 Å². The summed E-state index contributed by atoms with van der Waals surface area (Å²) >= 11 is 0. The molecule has 182 valence electrons. The van der Waals surface area contributed by atoms with Crippen molar-refractivity contribution >= 4 is 5.91 Å². The van der Waals surface area contributed by atoms with Crippen LogP contribution in [-0.4, -0.2) is 12.5 Å². The maximum absolute atomic E-state index is 11.9. The number of amides is 1. The number of carbonyl (C=O) groups is 1. The molecular weight excluding hydrogens is 366 g/mol. The second kappa shape index (κ2) is 26.5. The highest BCUT2D eigenvalue weighted by Gasteiger charge is 2.19. The Morgan fingerprint density at radius 1 is 0.800 bits per heavy atom. The van der Waals surface area contributed by atoms with Gasteiger partial charge in [-0.25, -0.2) is 0 Å². The van der Waals surface area contributed by atoms with Crippen LogP contribution in [0.15, 0.2) is 0 Å². The molecule has 0 aromatic heterocycles. The molecule has 0 heterocycles. The van der Waals surface area contributed by atoms with Gasteiger partial charge < -0.3 is 5.32 Å². The van der Waals surface area contributed by atoms with Crippen LogP contribution in [0.2, 0.25) is 0 Å². The molecule has 1 aliphatic carbocycles. The molecule has 30 heavy (non-hydrogen) atoms. The van der Waals surface area contributed by atoms with Gasteiger partial charge >= 0.3 is 0 Å². The van der Waals surface area contributed by atoms with Gasteiger partial charge in [0, 0.05) is 13.0 Å².